The number of hydrogen-bond acceptors (Lipinski definition) is 1. The largest absolute Gasteiger partial charge is 0.389 e. The first kappa shape index (κ1) is 10.5. The molecule has 1 nitrogen and oxygen atoms in total. The topological polar surface area (TPSA) is 20.2 Å². The molecule has 0 radical (unpaired) electrons. The van der Waals surface area contributed by atoms with Crippen molar-refractivity contribution >= 4 is 0 Å². The Morgan fingerprint density at radius 3 is 2.07 bits per heavy atom. The molecule has 0 bridgehead atoms. The van der Waals surface area contributed by atoms with Gasteiger partial charge in [0.1, 0.15) is 0 Å². The zero-order chi connectivity index (χ0) is 10.2. The zero-order valence-corrected chi connectivity index (χ0v) is 9.68. The summed E-state index contributed by atoms with van der Waals surface area (Å²) in [7, 11) is 0. The molecule has 1 heteroatoms. The lowest BCUT2D eigenvalue weighted by Crippen LogP contribution is -2.47. The van der Waals surface area contributed by atoms with Gasteiger partial charge in [-0.15, -0.1) is 0 Å². The molecule has 0 aromatic carbocycles. The van der Waals surface area contributed by atoms with Gasteiger partial charge in [-0.1, -0.05) is 33.1 Å². The Hall–Kier alpha value is -0.0400. The highest BCUT2D eigenvalue weighted by Gasteiger charge is 2.51. The van der Waals surface area contributed by atoms with Crippen LogP contribution in [0.15, 0.2) is 0 Å². The average molecular weight is 196 g/mol. The predicted molar refractivity (Wildman–Crippen MR) is 59.2 cm³/mol. The SMILES string of the molecule is CC1(C)CCCC1(O)C1CCCCC1. The fraction of sp³-hybridized carbons (Fsp3) is 1.00. The van der Waals surface area contributed by atoms with Crippen molar-refractivity contribution in [3.63, 3.8) is 0 Å². The predicted octanol–water partition coefficient (Wildman–Crippen LogP) is 3.51. The fourth-order valence-electron chi connectivity index (χ4n) is 3.69. The molecule has 0 aromatic heterocycles. The van der Waals surface area contributed by atoms with E-state index < -0.39 is 0 Å². The van der Waals surface area contributed by atoms with Crippen LogP contribution in [0.3, 0.4) is 0 Å². The summed E-state index contributed by atoms with van der Waals surface area (Å²) >= 11 is 0. The molecule has 14 heavy (non-hydrogen) atoms. The minimum atomic E-state index is -0.340. The Morgan fingerprint density at radius 2 is 1.57 bits per heavy atom. The summed E-state index contributed by atoms with van der Waals surface area (Å²) in [6.45, 7) is 4.52. The van der Waals surface area contributed by atoms with E-state index in [4.69, 9.17) is 0 Å². The van der Waals surface area contributed by atoms with Gasteiger partial charge in [0.05, 0.1) is 5.60 Å². The van der Waals surface area contributed by atoms with E-state index in [-0.39, 0.29) is 11.0 Å². The van der Waals surface area contributed by atoms with Crippen LogP contribution in [-0.4, -0.2) is 10.7 Å². The summed E-state index contributed by atoms with van der Waals surface area (Å²) in [5.41, 5.74) is -0.178. The van der Waals surface area contributed by atoms with Crippen molar-refractivity contribution in [3.8, 4) is 0 Å². The van der Waals surface area contributed by atoms with Crippen molar-refractivity contribution in [3.05, 3.63) is 0 Å². The molecule has 0 saturated heterocycles. The molecule has 0 aromatic rings. The normalized spacial score (nSPS) is 38.8. The van der Waals surface area contributed by atoms with E-state index >= 15 is 0 Å². The van der Waals surface area contributed by atoms with E-state index in [0.29, 0.717) is 5.92 Å². The zero-order valence-electron chi connectivity index (χ0n) is 9.68. The summed E-state index contributed by atoms with van der Waals surface area (Å²) in [5, 5.41) is 10.8. The van der Waals surface area contributed by atoms with E-state index in [2.05, 4.69) is 13.8 Å². The first-order valence-corrected chi connectivity index (χ1v) is 6.29. The maximum absolute atomic E-state index is 10.8. The van der Waals surface area contributed by atoms with Gasteiger partial charge in [0.2, 0.25) is 0 Å². The number of aliphatic hydroxyl groups is 1. The van der Waals surface area contributed by atoms with Crippen molar-refractivity contribution in [2.75, 3.05) is 0 Å². The molecule has 1 unspecified atom stereocenters. The van der Waals surface area contributed by atoms with Gasteiger partial charge in [0.15, 0.2) is 0 Å². The number of hydrogen-bond donors (Lipinski definition) is 1. The second-order valence-electron chi connectivity index (χ2n) is 6.00. The highest BCUT2D eigenvalue weighted by Crippen LogP contribution is 2.53. The Bertz CT molecular complexity index is 203. The molecular formula is C13H24O. The third kappa shape index (κ3) is 1.50. The Balaban J connectivity index is 2.13. The van der Waals surface area contributed by atoms with E-state index in [1.165, 1.54) is 44.9 Å². The van der Waals surface area contributed by atoms with Gasteiger partial charge < -0.3 is 5.11 Å². The molecule has 2 aliphatic carbocycles. The van der Waals surface area contributed by atoms with Crippen molar-refractivity contribution in [2.24, 2.45) is 11.3 Å². The van der Waals surface area contributed by atoms with Crippen LogP contribution < -0.4 is 0 Å². The molecule has 2 rings (SSSR count). The first-order chi connectivity index (χ1) is 6.56. The second-order valence-corrected chi connectivity index (χ2v) is 6.00. The standard InChI is InChI=1S/C13H24O/c1-12(2)9-6-10-13(12,14)11-7-4-3-5-8-11/h11,14H,3-10H2,1-2H3. The van der Waals surface area contributed by atoms with E-state index in [0.717, 1.165) is 6.42 Å². The minimum Gasteiger partial charge on any atom is -0.389 e. The lowest BCUT2D eigenvalue weighted by atomic mass is 9.66. The lowest BCUT2D eigenvalue weighted by Gasteiger charge is -2.44. The van der Waals surface area contributed by atoms with E-state index in [1.54, 1.807) is 0 Å². The smallest absolute Gasteiger partial charge is 0.0726 e. The molecule has 0 amide bonds. The van der Waals surface area contributed by atoms with Crippen LogP contribution in [0.4, 0.5) is 0 Å². The third-order valence-corrected chi connectivity index (χ3v) is 4.81. The lowest BCUT2D eigenvalue weighted by molar-refractivity contribution is -0.101. The molecular weight excluding hydrogens is 172 g/mol. The molecule has 2 saturated carbocycles. The highest BCUT2D eigenvalue weighted by molar-refractivity contribution is 5.03. The van der Waals surface area contributed by atoms with Crippen LogP contribution in [0, 0.1) is 11.3 Å². The number of rotatable bonds is 1. The van der Waals surface area contributed by atoms with Crippen LogP contribution >= 0.6 is 0 Å². The molecule has 1 atom stereocenters. The van der Waals surface area contributed by atoms with Crippen molar-refractivity contribution < 1.29 is 5.11 Å². The van der Waals surface area contributed by atoms with Crippen LogP contribution in [-0.2, 0) is 0 Å². The van der Waals surface area contributed by atoms with Crippen LogP contribution in [0.25, 0.3) is 0 Å². The van der Waals surface area contributed by atoms with Crippen LogP contribution in [0.2, 0.25) is 0 Å². The summed E-state index contributed by atoms with van der Waals surface area (Å²) in [5.74, 6) is 0.591. The third-order valence-electron chi connectivity index (χ3n) is 4.81. The summed E-state index contributed by atoms with van der Waals surface area (Å²) < 4.78 is 0. The molecule has 0 aliphatic heterocycles. The van der Waals surface area contributed by atoms with Crippen molar-refractivity contribution in [1.82, 2.24) is 0 Å². The molecule has 1 N–H and O–H groups in total. The quantitative estimate of drug-likeness (QED) is 0.680. The van der Waals surface area contributed by atoms with E-state index in [9.17, 15) is 5.11 Å². The van der Waals surface area contributed by atoms with Crippen molar-refractivity contribution in [1.29, 1.82) is 0 Å². The van der Waals surface area contributed by atoms with Crippen LogP contribution in [0.1, 0.15) is 65.2 Å². The second kappa shape index (κ2) is 3.52. The van der Waals surface area contributed by atoms with Gasteiger partial charge in [-0.2, -0.15) is 0 Å². The molecule has 0 spiro atoms. The van der Waals surface area contributed by atoms with Crippen LogP contribution in [0.5, 0.6) is 0 Å². The Kier molecular flexibility index (Phi) is 2.63. The molecule has 82 valence electrons. The Labute approximate surface area is 87.9 Å². The van der Waals surface area contributed by atoms with Gasteiger partial charge in [-0.05, 0) is 43.4 Å². The molecule has 2 aliphatic rings. The monoisotopic (exact) mass is 196 g/mol. The van der Waals surface area contributed by atoms with E-state index in [1.807, 2.05) is 0 Å². The fourth-order valence-corrected chi connectivity index (χ4v) is 3.69. The summed E-state index contributed by atoms with van der Waals surface area (Å²) in [6, 6.07) is 0. The molecule has 0 heterocycles. The van der Waals surface area contributed by atoms with Crippen molar-refractivity contribution in [2.45, 2.75) is 70.8 Å². The first-order valence-electron chi connectivity index (χ1n) is 6.29. The molecule has 2 fully saturated rings. The maximum atomic E-state index is 10.8. The Morgan fingerprint density at radius 1 is 0.929 bits per heavy atom. The minimum absolute atomic E-state index is 0.162. The van der Waals surface area contributed by atoms with Gasteiger partial charge in [0.25, 0.3) is 0 Å². The van der Waals surface area contributed by atoms with Gasteiger partial charge in [0, 0.05) is 0 Å². The van der Waals surface area contributed by atoms with Gasteiger partial charge in [-0.3, -0.25) is 0 Å². The van der Waals surface area contributed by atoms with Gasteiger partial charge >= 0.3 is 0 Å². The summed E-state index contributed by atoms with van der Waals surface area (Å²) in [4.78, 5) is 0. The average Bonchev–Trinajstić information content (AvgIpc) is 2.44. The van der Waals surface area contributed by atoms with Gasteiger partial charge in [-0.25, -0.2) is 0 Å². The maximum Gasteiger partial charge on any atom is 0.0726 e. The highest BCUT2D eigenvalue weighted by atomic mass is 16.3. The summed E-state index contributed by atoms with van der Waals surface area (Å²) in [6.07, 6.45) is 10.1.